The molecule has 0 amide bonds. The molecule has 84 valence electrons. The van der Waals surface area contributed by atoms with Crippen LogP contribution in [-0.4, -0.2) is 15.7 Å². The zero-order valence-electron chi connectivity index (χ0n) is 9.75. The van der Waals surface area contributed by atoms with Crippen LogP contribution in [0.4, 0.5) is 0 Å². The molecule has 1 aromatic heterocycles. The average molecular weight is 215 g/mol. The first-order valence-electron chi connectivity index (χ1n) is 5.44. The van der Waals surface area contributed by atoms with E-state index in [0.717, 1.165) is 16.7 Å². The van der Waals surface area contributed by atoms with E-state index in [-0.39, 0.29) is 0 Å². The molecule has 0 aliphatic carbocycles. The third kappa shape index (κ3) is 1.89. The van der Waals surface area contributed by atoms with Gasteiger partial charge in [0.15, 0.2) is 0 Å². The summed E-state index contributed by atoms with van der Waals surface area (Å²) in [6.07, 6.45) is 2.55. The zero-order chi connectivity index (χ0) is 11.8. The summed E-state index contributed by atoms with van der Waals surface area (Å²) in [5.74, 6) is 0. The van der Waals surface area contributed by atoms with Crippen molar-refractivity contribution in [3.8, 4) is 0 Å². The first-order valence-corrected chi connectivity index (χ1v) is 5.44. The van der Waals surface area contributed by atoms with Crippen molar-refractivity contribution in [1.82, 2.24) is 4.98 Å². The van der Waals surface area contributed by atoms with Crippen molar-refractivity contribution in [2.75, 3.05) is 0 Å². The van der Waals surface area contributed by atoms with Gasteiger partial charge in [0.05, 0.1) is 5.60 Å². The minimum atomic E-state index is -0.842. The van der Waals surface area contributed by atoms with Gasteiger partial charge in [0, 0.05) is 23.5 Å². The van der Waals surface area contributed by atoms with Gasteiger partial charge in [-0.25, -0.2) is 0 Å². The van der Waals surface area contributed by atoms with Crippen LogP contribution in [0, 0.1) is 0 Å². The van der Waals surface area contributed by atoms with E-state index in [1.54, 1.807) is 6.92 Å². The number of nitrogens with one attached hydrogen (secondary N) is 1. The lowest BCUT2D eigenvalue weighted by Gasteiger charge is -2.23. The molecule has 1 unspecified atom stereocenters. The quantitative estimate of drug-likeness (QED) is 0.758. The second-order valence-electron chi connectivity index (χ2n) is 4.59. The van der Waals surface area contributed by atoms with Crippen LogP contribution in [0.1, 0.15) is 19.4 Å². The molecular formula is C14H17NO. The predicted molar refractivity (Wildman–Crippen MR) is 67.4 cm³/mol. The molecule has 0 bridgehead atoms. The van der Waals surface area contributed by atoms with Crippen molar-refractivity contribution in [1.29, 1.82) is 0 Å². The van der Waals surface area contributed by atoms with Crippen molar-refractivity contribution in [3.05, 3.63) is 48.2 Å². The molecule has 1 aromatic carbocycles. The standard InChI is InChI=1S/C14H17NO/c1-10(2)14(3,16)8-11-9-15-13-7-5-4-6-12(11)13/h4-7,9,15-16H,1,8H2,2-3H3. The van der Waals surface area contributed by atoms with Gasteiger partial charge in [-0.1, -0.05) is 24.8 Å². The lowest BCUT2D eigenvalue weighted by Crippen LogP contribution is -2.27. The molecule has 2 N–H and O–H groups in total. The van der Waals surface area contributed by atoms with Crippen molar-refractivity contribution in [2.24, 2.45) is 0 Å². The highest BCUT2D eigenvalue weighted by Gasteiger charge is 2.23. The number of fused-ring (bicyclic) bond motifs is 1. The number of rotatable bonds is 3. The van der Waals surface area contributed by atoms with Gasteiger partial charge in [-0.3, -0.25) is 0 Å². The highest BCUT2D eigenvalue weighted by Crippen LogP contribution is 2.25. The van der Waals surface area contributed by atoms with E-state index >= 15 is 0 Å². The van der Waals surface area contributed by atoms with Crippen LogP contribution in [0.5, 0.6) is 0 Å². The Morgan fingerprint density at radius 2 is 2.12 bits per heavy atom. The minimum absolute atomic E-state index is 0.590. The number of para-hydroxylation sites is 1. The Balaban J connectivity index is 2.38. The fourth-order valence-electron chi connectivity index (χ4n) is 1.80. The molecule has 16 heavy (non-hydrogen) atoms. The second kappa shape index (κ2) is 3.80. The number of aromatic nitrogens is 1. The van der Waals surface area contributed by atoms with Crippen LogP contribution < -0.4 is 0 Å². The van der Waals surface area contributed by atoms with E-state index in [4.69, 9.17) is 0 Å². The summed E-state index contributed by atoms with van der Waals surface area (Å²) >= 11 is 0. The Morgan fingerprint density at radius 3 is 2.81 bits per heavy atom. The smallest absolute Gasteiger partial charge is 0.0864 e. The maximum atomic E-state index is 10.2. The Labute approximate surface area is 95.6 Å². The fraction of sp³-hybridized carbons (Fsp3) is 0.286. The van der Waals surface area contributed by atoms with E-state index in [2.05, 4.69) is 17.6 Å². The lowest BCUT2D eigenvalue weighted by molar-refractivity contribution is 0.1000. The van der Waals surface area contributed by atoms with Gasteiger partial charge in [-0.05, 0) is 31.1 Å². The van der Waals surface area contributed by atoms with Crippen LogP contribution in [0.15, 0.2) is 42.6 Å². The van der Waals surface area contributed by atoms with E-state index in [0.29, 0.717) is 6.42 Å². The maximum Gasteiger partial charge on any atom is 0.0864 e. The van der Waals surface area contributed by atoms with E-state index < -0.39 is 5.60 Å². The number of hydrogen-bond donors (Lipinski definition) is 2. The Kier molecular flexibility index (Phi) is 2.60. The fourth-order valence-corrected chi connectivity index (χ4v) is 1.80. The molecular weight excluding hydrogens is 198 g/mol. The zero-order valence-corrected chi connectivity index (χ0v) is 9.75. The van der Waals surface area contributed by atoms with E-state index in [9.17, 15) is 5.11 Å². The first-order chi connectivity index (χ1) is 7.50. The maximum absolute atomic E-state index is 10.2. The number of H-pyrrole nitrogens is 1. The molecule has 2 rings (SSSR count). The minimum Gasteiger partial charge on any atom is -0.385 e. The molecule has 2 nitrogen and oxygen atoms in total. The summed E-state index contributed by atoms with van der Waals surface area (Å²) in [5.41, 5.74) is 2.18. The summed E-state index contributed by atoms with van der Waals surface area (Å²) in [5, 5.41) is 11.4. The third-order valence-electron chi connectivity index (χ3n) is 3.13. The number of aromatic amines is 1. The summed E-state index contributed by atoms with van der Waals surface area (Å²) in [6, 6.07) is 8.11. The van der Waals surface area contributed by atoms with Gasteiger partial charge in [-0.2, -0.15) is 0 Å². The molecule has 1 atom stereocenters. The Morgan fingerprint density at radius 1 is 1.44 bits per heavy atom. The number of hydrogen-bond acceptors (Lipinski definition) is 1. The van der Waals surface area contributed by atoms with Crippen LogP contribution in [0.2, 0.25) is 0 Å². The van der Waals surface area contributed by atoms with Gasteiger partial charge >= 0.3 is 0 Å². The SMILES string of the molecule is C=C(C)C(C)(O)Cc1c[nH]c2ccccc12. The Bertz CT molecular complexity index is 522. The van der Waals surface area contributed by atoms with Gasteiger partial charge in [0.1, 0.15) is 0 Å². The van der Waals surface area contributed by atoms with Crippen LogP contribution >= 0.6 is 0 Å². The molecule has 2 aromatic rings. The molecule has 1 heterocycles. The summed E-state index contributed by atoms with van der Waals surface area (Å²) in [7, 11) is 0. The van der Waals surface area contributed by atoms with E-state index in [1.807, 2.05) is 31.3 Å². The topological polar surface area (TPSA) is 36.0 Å². The van der Waals surface area contributed by atoms with Gasteiger partial charge in [-0.15, -0.1) is 0 Å². The molecule has 0 saturated heterocycles. The molecule has 0 spiro atoms. The van der Waals surface area contributed by atoms with Crippen molar-refractivity contribution < 1.29 is 5.11 Å². The van der Waals surface area contributed by atoms with Crippen LogP contribution in [0.3, 0.4) is 0 Å². The summed E-state index contributed by atoms with van der Waals surface area (Å²) < 4.78 is 0. The van der Waals surface area contributed by atoms with Crippen LogP contribution in [0.25, 0.3) is 10.9 Å². The van der Waals surface area contributed by atoms with Gasteiger partial charge in [0.25, 0.3) is 0 Å². The highest BCUT2D eigenvalue weighted by atomic mass is 16.3. The number of aliphatic hydroxyl groups is 1. The average Bonchev–Trinajstić information content (AvgIpc) is 2.61. The Hall–Kier alpha value is -1.54. The molecule has 0 radical (unpaired) electrons. The number of benzene rings is 1. The summed E-state index contributed by atoms with van der Waals surface area (Å²) in [6.45, 7) is 7.49. The van der Waals surface area contributed by atoms with Crippen molar-refractivity contribution >= 4 is 10.9 Å². The lowest BCUT2D eigenvalue weighted by atomic mass is 9.90. The van der Waals surface area contributed by atoms with Crippen molar-refractivity contribution in [2.45, 2.75) is 25.9 Å². The predicted octanol–water partition coefficient (Wildman–Crippen LogP) is 3.04. The molecule has 0 saturated carbocycles. The molecule has 0 fully saturated rings. The molecule has 0 aliphatic rings. The monoisotopic (exact) mass is 215 g/mol. The summed E-state index contributed by atoms with van der Waals surface area (Å²) in [4.78, 5) is 3.21. The van der Waals surface area contributed by atoms with Crippen LogP contribution in [-0.2, 0) is 6.42 Å². The second-order valence-corrected chi connectivity index (χ2v) is 4.59. The highest BCUT2D eigenvalue weighted by molar-refractivity contribution is 5.83. The molecule has 0 aliphatic heterocycles. The van der Waals surface area contributed by atoms with Gasteiger partial charge < -0.3 is 10.1 Å². The normalized spacial score (nSPS) is 14.9. The first kappa shape index (κ1) is 11.0. The largest absolute Gasteiger partial charge is 0.385 e. The van der Waals surface area contributed by atoms with E-state index in [1.165, 1.54) is 5.39 Å². The third-order valence-corrected chi connectivity index (χ3v) is 3.13. The molecule has 2 heteroatoms. The van der Waals surface area contributed by atoms with Crippen molar-refractivity contribution in [3.63, 3.8) is 0 Å². The van der Waals surface area contributed by atoms with Gasteiger partial charge in [0.2, 0.25) is 0 Å².